The molecule has 3 rings (SSSR count). The van der Waals surface area contributed by atoms with E-state index in [0.29, 0.717) is 16.8 Å². The predicted molar refractivity (Wildman–Crippen MR) is 96.1 cm³/mol. The van der Waals surface area contributed by atoms with Crippen molar-refractivity contribution in [3.05, 3.63) is 70.0 Å². The van der Waals surface area contributed by atoms with Crippen LogP contribution in [0.3, 0.4) is 0 Å². The summed E-state index contributed by atoms with van der Waals surface area (Å²) < 4.78 is 5.82. The highest BCUT2D eigenvalue weighted by Gasteiger charge is 2.19. The molecule has 2 aromatic carbocycles. The van der Waals surface area contributed by atoms with Crippen LogP contribution in [-0.4, -0.2) is 22.1 Å². The van der Waals surface area contributed by atoms with Gasteiger partial charge >= 0.3 is 0 Å². The van der Waals surface area contributed by atoms with Crippen molar-refractivity contribution in [2.45, 2.75) is 19.5 Å². The zero-order valence-electron chi connectivity index (χ0n) is 13.4. The lowest BCUT2D eigenvalue weighted by Crippen LogP contribution is -2.22. The van der Waals surface area contributed by atoms with E-state index in [1.54, 1.807) is 6.07 Å². The van der Waals surface area contributed by atoms with Crippen LogP contribution in [0.25, 0.3) is 11.5 Å². The highest BCUT2D eigenvalue weighted by atomic mass is 35.5. The first-order valence-electron chi connectivity index (χ1n) is 7.57. The van der Waals surface area contributed by atoms with Crippen LogP contribution in [-0.2, 0) is 6.54 Å². The lowest BCUT2D eigenvalue weighted by atomic mass is 10.2. The van der Waals surface area contributed by atoms with E-state index in [-0.39, 0.29) is 6.04 Å². The van der Waals surface area contributed by atoms with Gasteiger partial charge in [0.1, 0.15) is 0 Å². The monoisotopic (exact) mass is 361 g/mol. The molecule has 0 unspecified atom stereocenters. The number of hydrogen-bond acceptors (Lipinski definition) is 4. The average Bonchev–Trinajstić information content (AvgIpc) is 3.06. The van der Waals surface area contributed by atoms with E-state index in [1.165, 1.54) is 5.56 Å². The zero-order valence-corrected chi connectivity index (χ0v) is 14.9. The Hall–Kier alpha value is -1.88. The van der Waals surface area contributed by atoms with Gasteiger partial charge in [0.2, 0.25) is 11.8 Å². The summed E-state index contributed by atoms with van der Waals surface area (Å²) in [5, 5.41) is 9.68. The van der Waals surface area contributed by atoms with Crippen LogP contribution in [0.5, 0.6) is 0 Å². The molecule has 0 N–H and O–H groups in total. The van der Waals surface area contributed by atoms with Gasteiger partial charge in [-0.15, -0.1) is 10.2 Å². The van der Waals surface area contributed by atoms with Crippen LogP contribution in [0.2, 0.25) is 10.0 Å². The molecule has 0 aliphatic carbocycles. The third-order valence-electron chi connectivity index (χ3n) is 3.88. The summed E-state index contributed by atoms with van der Waals surface area (Å²) in [6.07, 6.45) is 0. The van der Waals surface area contributed by atoms with Crippen molar-refractivity contribution in [3.8, 4) is 11.5 Å². The maximum atomic E-state index is 6.01. The van der Waals surface area contributed by atoms with Crippen molar-refractivity contribution >= 4 is 23.2 Å². The lowest BCUT2D eigenvalue weighted by Gasteiger charge is -2.21. The minimum Gasteiger partial charge on any atom is -0.419 e. The molecule has 0 aliphatic rings. The van der Waals surface area contributed by atoms with Crippen LogP contribution < -0.4 is 0 Å². The van der Waals surface area contributed by atoms with Gasteiger partial charge in [0, 0.05) is 22.2 Å². The molecule has 1 aromatic heterocycles. The molecule has 4 nitrogen and oxygen atoms in total. The standard InChI is InChI=1S/C18H17Cl2N3O/c1-12(23(2)11-13-6-8-15(19)9-7-13)17-21-22-18(24-17)14-4-3-5-16(20)10-14/h3-10,12H,11H2,1-2H3/t12-/m1/s1. The van der Waals surface area contributed by atoms with Crippen molar-refractivity contribution in [1.29, 1.82) is 0 Å². The van der Waals surface area contributed by atoms with Crippen LogP contribution in [0.1, 0.15) is 24.4 Å². The van der Waals surface area contributed by atoms with Crippen molar-refractivity contribution < 1.29 is 4.42 Å². The smallest absolute Gasteiger partial charge is 0.247 e. The fourth-order valence-corrected chi connectivity index (χ4v) is 2.66. The summed E-state index contributed by atoms with van der Waals surface area (Å²) >= 11 is 11.9. The van der Waals surface area contributed by atoms with Crippen molar-refractivity contribution in [2.24, 2.45) is 0 Å². The Morgan fingerprint density at radius 1 is 1.04 bits per heavy atom. The number of nitrogens with zero attached hydrogens (tertiary/aromatic N) is 3. The summed E-state index contributed by atoms with van der Waals surface area (Å²) in [4.78, 5) is 2.14. The molecule has 1 heterocycles. The Morgan fingerprint density at radius 2 is 1.79 bits per heavy atom. The molecule has 6 heteroatoms. The van der Waals surface area contributed by atoms with Gasteiger partial charge in [-0.2, -0.15) is 0 Å². The minimum atomic E-state index is -0.0129. The highest BCUT2D eigenvalue weighted by molar-refractivity contribution is 6.31. The highest BCUT2D eigenvalue weighted by Crippen LogP contribution is 2.26. The molecular weight excluding hydrogens is 345 g/mol. The Kier molecular flexibility index (Phi) is 5.19. The first-order chi connectivity index (χ1) is 11.5. The van der Waals surface area contributed by atoms with Gasteiger partial charge in [-0.1, -0.05) is 41.4 Å². The third-order valence-corrected chi connectivity index (χ3v) is 4.36. The lowest BCUT2D eigenvalue weighted by molar-refractivity contribution is 0.218. The molecule has 1 atom stereocenters. The first-order valence-corrected chi connectivity index (χ1v) is 8.32. The van der Waals surface area contributed by atoms with E-state index >= 15 is 0 Å². The minimum absolute atomic E-state index is 0.0129. The van der Waals surface area contributed by atoms with E-state index in [0.717, 1.165) is 17.1 Å². The number of benzene rings is 2. The molecule has 0 aliphatic heterocycles. The maximum absolute atomic E-state index is 6.01. The Balaban J connectivity index is 1.73. The van der Waals surface area contributed by atoms with Crippen molar-refractivity contribution in [1.82, 2.24) is 15.1 Å². The molecule has 24 heavy (non-hydrogen) atoms. The number of halogens is 2. The SMILES string of the molecule is C[C@H](c1nnc(-c2cccc(Cl)c2)o1)N(C)Cc1ccc(Cl)cc1. The quantitative estimate of drug-likeness (QED) is 0.623. The molecule has 0 bridgehead atoms. The topological polar surface area (TPSA) is 42.2 Å². The molecule has 0 amide bonds. The van der Waals surface area contributed by atoms with Crippen LogP contribution in [0, 0.1) is 0 Å². The summed E-state index contributed by atoms with van der Waals surface area (Å²) in [6, 6.07) is 15.2. The van der Waals surface area contributed by atoms with Crippen LogP contribution in [0.4, 0.5) is 0 Å². The fourth-order valence-electron chi connectivity index (χ4n) is 2.34. The van der Waals surface area contributed by atoms with Crippen LogP contribution in [0.15, 0.2) is 52.9 Å². The zero-order chi connectivity index (χ0) is 17.1. The average molecular weight is 362 g/mol. The Morgan fingerprint density at radius 3 is 2.50 bits per heavy atom. The summed E-state index contributed by atoms with van der Waals surface area (Å²) in [5.41, 5.74) is 1.98. The molecule has 124 valence electrons. The van der Waals surface area contributed by atoms with E-state index in [2.05, 4.69) is 15.1 Å². The number of hydrogen-bond donors (Lipinski definition) is 0. The molecule has 0 spiro atoms. The summed E-state index contributed by atoms with van der Waals surface area (Å²) in [5.74, 6) is 1.04. The molecular formula is C18H17Cl2N3O. The fraction of sp³-hybridized carbons (Fsp3) is 0.222. The van der Waals surface area contributed by atoms with Crippen molar-refractivity contribution in [3.63, 3.8) is 0 Å². The van der Waals surface area contributed by atoms with Gasteiger partial charge < -0.3 is 4.42 Å². The second kappa shape index (κ2) is 7.34. The largest absolute Gasteiger partial charge is 0.419 e. The predicted octanol–water partition coefficient (Wildman–Crippen LogP) is 5.24. The Labute approximate surface area is 151 Å². The Bertz CT molecular complexity index is 817. The molecule has 0 saturated carbocycles. The second-order valence-electron chi connectivity index (χ2n) is 5.67. The van der Waals surface area contributed by atoms with E-state index in [1.807, 2.05) is 56.4 Å². The molecule has 3 aromatic rings. The summed E-state index contributed by atoms with van der Waals surface area (Å²) in [6.45, 7) is 2.79. The van der Waals surface area contributed by atoms with Gasteiger partial charge in [0.25, 0.3) is 0 Å². The molecule has 0 saturated heterocycles. The van der Waals surface area contributed by atoms with E-state index < -0.39 is 0 Å². The van der Waals surface area contributed by atoms with Gasteiger partial charge in [-0.25, -0.2) is 0 Å². The normalized spacial score (nSPS) is 12.5. The van der Waals surface area contributed by atoms with E-state index in [9.17, 15) is 0 Å². The van der Waals surface area contributed by atoms with Gasteiger partial charge in [0.15, 0.2) is 0 Å². The number of rotatable bonds is 5. The van der Waals surface area contributed by atoms with E-state index in [4.69, 9.17) is 27.6 Å². The molecule has 0 fully saturated rings. The summed E-state index contributed by atoms with van der Waals surface area (Å²) in [7, 11) is 2.02. The van der Waals surface area contributed by atoms with Gasteiger partial charge in [-0.05, 0) is 49.9 Å². The van der Waals surface area contributed by atoms with Gasteiger partial charge in [0.05, 0.1) is 6.04 Å². The maximum Gasteiger partial charge on any atom is 0.247 e. The van der Waals surface area contributed by atoms with Gasteiger partial charge in [-0.3, -0.25) is 4.90 Å². The second-order valence-corrected chi connectivity index (χ2v) is 6.55. The molecule has 0 radical (unpaired) electrons. The third kappa shape index (κ3) is 3.96. The first kappa shape index (κ1) is 17.0. The van der Waals surface area contributed by atoms with Crippen molar-refractivity contribution in [2.75, 3.05) is 7.05 Å². The van der Waals surface area contributed by atoms with Crippen LogP contribution >= 0.6 is 23.2 Å². The number of aromatic nitrogens is 2.